The molecule has 3 unspecified atom stereocenters. The second-order valence-corrected chi connectivity index (χ2v) is 7.99. The summed E-state index contributed by atoms with van der Waals surface area (Å²) in [6, 6.07) is -0.169. The van der Waals surface area contributed by atoms with Gasteiger partial charge in [0.05, 0.1) is 0 Å². The molecule has 1 heterocycles. The van der Waals surface area contributed by atoms with E-state index in [0.29, 0.717) is 6.54 Å². The number of hydrogen-bond donors (Lipinski definition) is 5. The average molecular weight is 323 g/mol. The number of rotatable bonds is 2. The zero-order valence-corrected chi connectivity index (χ0v) is 14.4. The highest BCUT2D eigenvalue weighted by Crippen LogP contribution is 2.45. The van der Waals surface area contributed by atoms with E-state index >= 15 is 0 Å². The Hall–Kier alpha value is -1.60. The van der Waals surface area contributed by atoms with Crippen LogP contribution < -0.4 is 21.7 Å². The van der Waals surface area contributed by atoms with Gasteiger partial charge in [-0.3, -0.25) is 5.32 Å². The zero-order valence-electron chi connectivity index (χ0n) is 14.4. The lowest BCUT2D eigenvalue weighted by Gasteiger charge is -2.45. The molecule has 1 saturated carbocycles. The first kappa shape index (κ1) is 17.7. The van der Waals surface area contributed by atoms with Gasteiger partial charge in [0.2, 0.25) is 5.96 Å². The highest BCUT2D eigenvalue weighted by molar-refractivity contribution is 5.97. The normalized spacial score (nSPS) is 33.1. The van der Waals surface area contributed by atoms with E-state index in [0.717, 1.165) is 25.0 Å². The highest BCUT2D eigenvalue weighted by atomic mass is 16.3. The molecule has 1 fully saturated rings. The van der Waals surface area contributed by atoms with Crippen molar-refractivity contribution in [2.45, 2.75) is 59.2 Å². The van der Waals surface area contributed by atoms with Gasteiger partial charge in [-0.05, 0) is 43.1 Å². The molecule has 1 aliphatic heterocycles. The van der Waals surface area contributed by atoms with E-state index in [2.05, 4.69) is 41.7 Å². The summed E-state index contributed by atoms with van der Waals surface area (Å²) < 4.78 is 0. The number of nitrogens with two attached hydrogens (primary N) is 1. The van der Waals surface area contributed by atoms with E-state index in [4.69, 9.17) is 5.73 Å². The van der Waals surface area contributed by atoms with Gasteiger partial charge < -0.3 is 21.5 Å². The lowest BCUT2D eigenvalue weighted by molar-refractivity contribution is 0.0845. The van der Waals surface area contributed by atoms with Crippen LogP contribution in [-0.2, 0) is 0 Å². The van der Waals surface area contributed by atoms with Crippen molar-refractivity contribution < 1.29 is 9.90 Å². The standard InChI is InChI=1S/C16H29N5O2/c1-10-5-12(22)20-13(19-10)21-14(23)18-9-16(4)7-11(17)6-15(2,3)8-16/h5,11-12,22H,6-9,17H2,1-4H3,(H3,18,19,20,21,23). The maximum absolute atomic E-state index is 12.1. The van der Waals surface area contributed by atoms with Crippen LogP contribution in [0.1, 0.15) is 47.0 Å². The predicted octanol–water partition coefficient (Wildman–Crippen LogP) is 1.01. The van der Waals surface area contributed by atoms with Crippen LogP contribution in [0.3, 0.4) is 0 Å². The lowest BCUT2D eigenvalue weighted by atomic mass is 9.63. The van der Waals surface area contributed by atoms with Crippen molar-refractivity contribution in [3.63, 3.8) is 0 Å². The number of aliphatic hydroxyl groups excluding tert-OH is 1. The minimum atomic E-state index is -0.929. The van der Waals surface area contributed by atoms with E-state index in [1.807, 2.05) is 0 Å². The maximum atomic E-state index is 12.1. The molecule has 0 saturated heterocycles. The summed E-state index contributed by atoms with van der Waals surface area (Å²) in [5.74, 6) is 0.251. The number of amides is 2. The summed E-state index contributed by atoms with van der Waals surface area (Å²) in [6.45, 7) is 8.97. The average Bonchev–Trinajstić information content (AvgIpc) is 2.32. The van der Waals surface area contributed by atoms with E-state index in [1.54, 1.807) is 13.0 Å². The molecule has 0 radical (unpaired) electrons. The van der Waals surface area contributed by atoms with E-state index in [-0.39, 0.29) is 28.9 Å². The molecular weight excluding hydrogens is 294 g/mol. The fourth-order valence-corrected chi connectivity index (χ4v) is 4.01. The monoisotopic (exact) mass is 323 g/mol. The summed E-state index contributed by atoms with van der Waals surface area (Å²) in [4.78, 5) is 16.0. The van der Waals surface area contributed by atoms with Gasteiger partial charge >= 0.3 is 6.03 Å². The molecule has 6 N–H and O–H groups in total. The molecule has 2 aliphatic rings. The van der Waals surface area contributed by atoms with E-state index < -0.39 is 6.23 Å². The molecule has 0 aromatic heterocycles. The number of guanidine groups is 1. The van der Waals surface area contributed by atoms with Gasteiger partial charge in [-0.2, -0.15) is 0 Å². The number of nitrogens with one attached hydrogen (secondary N) is 3. The zero-order chi connectivity index (χ0) is 17.3. The van der Waals surface area contributed by atoms with Crippen molar-refractivity contribution >= 4 is 12.0 Å². The quantitative estimate of drug-likeness (QED) is 0.522. The summed E-state index contributed by atoms with van der Waals surface area (Å²) in [7, 11) is 0. The Morgan fingerprint density at radius 3 is 2.78 bits per heavy atom. The Morgan fingerprint density at radius 1 is 1.48 bits per heavy atom. The number of allylic oxidation sites excluding steroid dienone is 1. The number of urea groups is 1. The lowest BCUT2D eigenvalue weighted by Crippen LogP contribution is -2.51. The molecule has 0 aromatic carbocycles. The number of carbonyl (C=O) groups is 1. The summed E-state index contributed by atoms with van der Waals surface area (Å²) >= 11 is 0. The molecule has 7 heteroatoms. The van der Waals surface area contributed by atoms with Crippen LogP contribution in [-0.4, -0.2) is 35.9 Å². The first-order valence-corrected chi connectivity index (χ1v) is 8.09. The van der Waals surface area contributed by atoms with Crippen LogP contribution in [0.15, 0.2) is 16.8 Å². The topological polar surface area (TPSA) is 112 Å². The third-order valence-corrected chi connectivity index (χ3v) is 4.36. The van der Waals surface area contributed by atoms with Crippen molar-refractivity contribution in [2.24, 2.45) is 21.6 Å². The van der Waals surface area contributed by atoms with Crippen LogP contribution in [0.4, 0.5) is 4.79 Å². The molecule has 130 valence electrons. The predicted molar refractivity (Wildman–Crippen MR) is 90.6 cm³/mol. The fourth-order valence-electron chi connectivity index (χ4n) is 4.01. The first-order valence-electron chi connectivity index (χ1n) is 8.09. The fraction of sp³-hybridized carbons (Fsp3) is 0.750. The van der Waals surface area contributed by atoms with Gasteiger partial charge in [-0.25, -0.2) is 9.79 Å². The molecule has 2 rings (SSSR count). The number of carbonyl (C=O) groups excluding carboxylic acids is 1. The van der Waals surface area contributed by atoms with Crippen molar-refractivity contribution in [1.29, 1.82) is 0 Å². The van der Waals surface area contributed by atoms with Gasteiger partial charge in [-0.15, -0.1) is 0 Å². The highest BCUT2D eigenvalue weighted by Gasteiger charge is 2.40. The van der Waals surface area contributed by atoms with E-state index in [9.17, 15) is 9.90 Å². The molecular formula is C16H29N5O2. The number of aliphatic imine (C=N–C) groups is 1. The summed E-state index contributed by atoms with van der Waals surface area (Å²) in [5.41, 5.74) is 7.09. The Balaban J connectivity index is 1.87. The Labute approximate surface area is 137 Å². The smallest absolute Gasteiger partial charge is 0.321 e. The summed E-state index contributed by atoms with van der Waals surface area (Å²) in [6.07, 6.45) is 3.57. The maximum Gasteiger partial charge on any atom is 0.321 e. The third-order valence-electron chi connectivity index (χ3n) is 4.36. The Bertz CT molecular complexity index is 529. The van der Waals surface area contributed by atoms with Crippen LogP contribution in [0, 0.1) is 10.8 Å². The van der Waals surface area contributed by atoms with Gasteiger partial charge in [-0.1, -0.05) is 20.8 Å². The van der Waals surface area contributed by atoms with Crippen molar-refractivity contribution in [1.82, 2.24) is 16.0 Å². The van der Waals surface area contributed by atoms with Crippen LogP contribution in [0.2, 0.25) is 0 Å². The molecule has 23 heavy (non-hydrogen) atoms. The van der Waals surface area contributed by atoms with Crippen molar-refractivity contribution in [3.8, 4) is 0 Å². The van der Waals surface area contributed by atoms with Crippen LogP contribution >= 0.6 is 0 Å². The van der Waals surface area contributed by atoms with Gasteiger partial charge in [0.25, 0.3) is 0 Å². The molecule has 7 nitrogen and oxygen atoms in total. The largest absolute Gasteiger partial charge is 0.368 e. The van der Waals surface area contributed by atoms with Crippen LogP contribution in [0.25, 0.3) is 0 Å². The van der Waals surface area contributed by atoms with Crippen molar-refractivity contribution in [3.05, 3.63) is 11.8 Å². The second kappa shape index (κ2) is 6.49. The number of hydrogen-bond acceptors (Lipinski definition) is 5. The Morgan fingerprint density at radius 2 is 2.17 bits per heavy atom. The third kappa shape index (κ3) is 5.21. The second-order valence-electron chi connectivity index (χ2n) is 7.99. The molecule has 1 aliphatic carbocycles. The Kier molecular flexibility index (Phi) is 5.01. The molecule has 0 aromatic rings. The SMILES string of the molecule is CC1=CC(O)N=C(NC(=O)NCC2(C)CC(N)CC(C)(C)C2)N1. The van der Waals surface area contributed by atoms with Crippen molar-refractivity contribution in [2.75, 3.05) is 6.54 Å². The van der Waals surface area contributed by atoms with E-state index in [1.165, 1.54) is 0 Å². The number of nitrogens with zero attached hydrogens (tertiary/aromatic N) is 1. The minimum absolute atomic E-state index is 0.0182. The minimum Gasteiger partial charge on any atom is -0.368 e. The van der Waals surface area contributed by atoms with Gasteiger partial charge in [0.15, 0.2) is 6.23 Å². The first-order chi connectivity index (χ1) is 10.6. The van der Waals surface area contributed by atoms with Crippen LogP contribution in [0.5, 0.6) is 0 Å². The molecule has 0 bridgehead atoms. The van der Waals surface area contributed by atoms with Gasteiger partial charge in [0.1, 0.15) is 0 Å². The molecule has 3 atom stereocenters. The molecule has 0 spiro atoms. The number of aliphatic hydroxyl groups is 1. The van der Waals surface area contributed by atoms with Gasteiger partial charge in [0, 0.05) is 18.3 Å². The summed E-state index contributed by atoms with van der Waals surface area (Å²) in [5, 5.41) is 18.0. The molecule has 2 amide bonds.